The minimum absolute atomic E-state index is 0.189. The molecule has 0 amide bonds. The molecule has 94 valence electrons. The van der Waals surface area contributed by atoms with Crippen molar-refractivity contribution in [2.75, 3.05) is 20.3 Å². The van der Waals surface area contributed by atoms with Crippen molar-refractivity contribution in [3.05, 3.63) is 29.8 Å². The van der Waals surface area contributed by atoms with Gasteiger partial charge in [0.15, 0.2) is 0 Å². The summed E-state index contributed by atoms with van der Waals surface area (Å²) in [5, 5.41) is 0. The zero-order chi connectivity index (χ0) is 12.3. The molecule has 1 aromatic rings. The lowest BCUT2D eigenvalue weighted by molar-refractivity contribution is 0.166. The van der Waals surface area contributed by atoms with Crippen molar-refractivity contribution in [3.63, 3.8) is 0 Å². The zero-order valence-corrected chi connectivity index (χ0v) is 10.6. The average molecular weight is 235 g/mol. The van der Waals surface area contributed by atoms with E-state index >= 15 is 0 Å². The van der Waals surface area contributed by atoms with Gasteiger partial charge in [-0.25, -0.2) is 0 Å². The molecule has 0 spiro atoms. The second-order valence-corrected chi connectivity index (χ2v) is 5.09. The predicted octanol–water partition coefficient (Wildman–Crippen LogP) is 1.99. The van der Waals surface area contributed by atoms with Crippen molar-refractivity contribution in [2.24, 2.45) is 11.7 Å². The molecule has 2 unspecified atom stereocenters. The molecule has 1 saturated heterocycles. The Kier molecular flexibility index (Phi) is 3.69. The first kappa shape index (κ1) is 12.4. The molecule has 17 heavy (non-hydrogen) atoms. The number of hydrogen-bond donors (Lipinski definition) is 1. The van der Waals surface area contributed by atoms with Gasteiger partial charge in [0.1, 0.15) is 5.75 Å². The summed E-state index contributed by atoms with van der Waals surface area (Å²) in [4.78, 5) is 0. The first-order valence-corrected chi connectivity index (χ1v) is 6.11. The monoisotopic (exact) mass is 235 g/mol. The van der Waals surface area contributed by atoms with E-state index < -0.39 is 0 Å². The fraction of sp³-hybridized carbons (Fsp3) is 0.571. The highest BCUT2D eigenvalue weighted by Gasteiger charge is 2.33. The predicted molar refractivity (Wildman–Crippen MR) is 68.2 cm³/mol. The van der Waals surface area contributed by atoms with Crippen molar-refractivity contribution >= 4 is 0 Å². The quantitative estimate of drug-likeness (QED) is 0.868. The summed E-state index contributed by atoms with van der Waals surface area (Å²) in [7, 11) is 1.68. The smallest absolute Gasteiger partial charge is 0.118 e. The average Bonchev–Trinajstić information content (AvgIpc) is 2.84. The molecule has 3 nitrogen and oxygen atoms in total. The van der Waals surface area contributed by atoms with Gasteiger partial charge in [-0.05, 0) is 37.5 Å². The summed E-state index contributed by atoms with van der Waals surface area (Å²) in [6.07, 6.45) is 1.95. The first-order valence-electron chi connectivity index (χ1n) is 6.11. The lowest BCUT2D eigenvalue weighted by atomic mass is 9.81. The normalized spacial score (nSPS) is 23.4. The number of nitrogens with two attached hydrogens (primary N) is 1. The van der Waals surface area contributed by atoms with Crippen molar-refractivity contribution in [1.82, 2.24) is 0 Å². The minimum Gasteiger partial charge on any atom is -0.497 e. The largest absolute Gasteiger partial charge is 0.497 e. The van der Waals surface area contributed by atoms with Gasteiger partial charge in [-0.2, -0.15) is 0 Å². The SMILES string of the molecule is COc1ccc(CC(C)(N)C2CCOC2)cc1. The Balaban J connectivity index is 2.02. The van der Waals surface area contributed by atoms with E-state index in [1.165, 1.54) is 5.56 Å². The number of rotatable bonds is 4. The van der Waals surface area contributed by atoms with Gasteiger partial charge in [0.05, 0.1) is 13.7 Å². The summed E-state index contributed by atoms with van der Waals surface area (Å²) >= 11 is 0. The Labute approximate surface area is 103 Å². The Morgan fingerprint density at radius 1 is 1.41 bits per heavy atom. The highest BCUT2D eigenvalue weighted by Crippen LogP contribution is 2.27. The molecule has 0 aliphatic carbocycles. The van der Waals surface area contributed by atoms with Gasteiger partial charge in [-0.15, -0.1) is 0 Å². The second kappa shape index (κ2) is 5.07. The Bertz CT molecular complexity index is 353. The van der Waals surface area contributed by atoms with Crippen LogP contribution in [0.2, 0.25) is 0 Å². The zero-order valence-electron chi connectivity index (χ0n) is 10.6. The molecule has 0 bridgehead atoms. The van der Waals surface area contributed by atoms with Gasteiger partial charge >= 0.3 is 0 Å². The summed E-state index contributed by atoms with van der Waals surface area (Å²) in [5.41, 5.74) is 7.48. The lowest BCUT2D eigenvalue weighted by Crippen LogP contribution is -2.46. The molecule has 0 aromatic heterocycles. The van der Waals surface area contributed by atoms with E-state index in [9.17, 15) is 0 Å². The molecule has 1 aliphatic rings. The molecular formula is C14H21NO2. The van der Waals surface area contributed by atoms with E-state index in [0.717, 1.165) is 31.8 Å². The fourth-order valence-corrected chi connectivity index (χ4v) is 2.38. The van der Waals surface area contributed by atoms with Crippen LogP contribution in [-0.4, -0.2) is 25.9 Å². The Morgan fingerprint density at radius 2 is 2.12 bits per heavy atom. The molecule has 2 N–H and O–H groups in total. The lowest BCUT2D eigenvalue weighted by Gasteiger charge is -2.30. The van der Waals surface area contributed by atoms with Crippen LogP contribution in [0.1, 0.15) is 18.9 Å². The Morgan fingerprint density at radius 3 is 2.65 bits per heavy atom. The standard InChI is InChI=1S/C14H21NO2/c1-14(15,12-7-8-17-10-12)9-11-3-5-13(16-2)6-4-11/h3-6,12H,7-10,15H2,1-2H3. The van der Waals surface area contributed by atoms with E-state index in [4.69, 9.17) is 15.2 Å². The summed E-state index contributed by atoms with van der Waals surface area (Å²) in [5.74, 6) is 1.35. The van der Waals surface area contributed by atoms with Crippen molar-refractivity contribution < 1.29 is 9.47 Å². The molecule has 1 aromatic carbocycles. The van der Waals surface area contributed by atoms with E-state index in [0.29, 0.717) is 5.92 Å². The molecule has 2 rings (SSSR count). The van der Waals surface area contributed by atoms with Gasteiger partial charge in [0, 0.05) is 18.1 Å². The van der Waals surface area contributed by atoms with Crippen LogP contribution in [0.5, 0.6) is 5.75 Å². The van der Waals surface area contributed by atoms with Gasteiger partial charge in [0.2, 0.25) is 0 Å². The highest BCUT2D eigenvalue weighted by molar-refractivity contribution is 5.28. The van der Waals surface area contributed by atoms with E-state index in [1.807, 2.05) is 12.1 Å². The fourth-order valence-electron chi connectivity index (χ4n) is 2.38. The van der Waals surface area contributed by atoms with Crippen LogP contribution in [0.15, 0.2) is 24.3 Å². The Hall–Kier alpha value is -1.06. The first-order chi connectivity index (χ1) is 8.12. The molecule has 0 radical (unpaired) electrons. The van der Waals surface area contributed by atoms with E-state index in [1.54, 1.807) is 7.11 Å². The van der Waals surface area contributed by atoms with Crippen molar-refractivity contribution in [1.29, 1.82) is 0 Å². The van der Waals surface area contributed by atoms with Gasteiger partial charge < -0.3 is 15.2 Å². The number of methoxy groups -OCH3 is 1. The van der Waals surface area contributed by atoms with E-state index in [2.05, 4.69) is 19.1 Å². The van der Waals surface area contributed by atoms with Crippen LogP contribution in [-0.2, 0) is 11.2 Å². The maximum absolute atomic E-state index is 6.41. The van der Waals surface area contributed by atoms with E-state index in [-0.39, 0.29) is 5.54 Å². The third-order valence-corrected chi connectivity index (χ3v) is 3.61. The molecule has 1 heterocycles. The third-order valence-electron chi connectivity index (χ3n) is 3.61. The number of ether oxygens (including phenoxy) is 2. The van der Waals surface area contributed by atoms with Crippen LogP contribution in [0.3, 0.4) is 0 Å². The molecular weight excluding hydrogens is 214 g/mol. The highest BCUT2D eigenvalue weighted by atomic mass is 16.5. The molecule has 0 saturated carbocycles. The van der Waals surface area contributed by atoms with Gasteiger partial charge in [-0.1, -0.05) is 12.1 Å². The third kappa shape index (κ3) is 2.99. The van der Waals surface area contributed by atoms with Gasteiger partial charge in [-0.3, -0.25) is 0 Å². The minimum atomic E-state index is -0.189. The van der Waals surface area contributed by atoms with Crippen LogP contribution in [0, 0.1) is 5.92 Å². The molecule has 3 heteroatoms. The number of benzene rings is 1. The number of hydrogen-bond acceptors (Lipinski definition) is 3. The van der Waals surface area contributed by atoms with Crippen molar-refractivity contribution in [2.45, 2.75) is 25.3 Å². The van der Waals surface area contributed by atoms with Crippen molar-refractivity contribution in [3.8, 4) is 5.75 Å². The summed E-state index contributed by atoms with van der Waals surface area (Å²) in [6, 6.07) is 8.13. The molecule has 2 atom stereocenters. The van der Waals surface area contributed by atoms with Crippen LogP contribution < -0.4 is 10.5 Å². The molecule has 1 aliphatic heterocycles. The second-order valence-electron chi connectivity index (χ2n) is 5.09. The maximum atomic E-state index is 6.41. The van der Waals surface area contributed by atoms with Crippen LogP contribution in [0.4, 0.5) is 0 Å². The topological polar surface area (TPSA) is 44.5 Å². The van der Waals surface area contributed by atoms with Crippen LogP contribution >= 0.6 is 0 Å². The maximum Gasteiger partial charge on any atom is 0.118 e. The van der Waals surface area contributed by atoms with Gasteiger partial charge in [0.25, 0.3) is 0 Å². The molecule has 1 fully saturated rings. The van der Waals surface area contributed by atoms with Crippen LogP contribution in [0.25, 0.3) is 0 Å². The summed E-state index contributed by atoms with van der Waals surface area (Å²) < 4.78 is 10.6. The summed E-state index contributed by atoms with van der Waals surface area (Å²) in [6.45, 7) is 3.76.